The maximum atomic E-state index is 11.9. The summed E-state index contributed by atoms with van der Waals surface area (Å²) < 4.78 is 7.65. The summed E-state index contributed by atoms with van der Waals surface area (Å²) in [7, 11) is 0. The van der Waals surface area contributed by atoms with E-state index in [1.807, 2.05) is 48.7 Å². The predicted molar refractivity (Wildman–Crippen MR) is 118 cm³/mol. The van der Waals surface area contributed by atoms with Crippen LogP contribution in [-0.4, -0.2) is 20.9 Å². The number of benzene rings is 1. The van der Waals surface area contributed by atoms with Crippen molar-refractivity contribution in [2.45, 2.75) is 59.9 Å². The molecule has 29 heavy (non-hydrogen) atoms. The Bertz CT molecular complexity index is 1010. The van der Waals surface area contributed by atoms with Crippen LogP contribution in [0, 0.1) is 5.41 Å². The maximum absolute atomic E-state index is 11.9. The summed E-state index contributed by atoms with van der Waals surface area (Å²) in [5.41, 5.74) is 2.43. The first-order chi connectivity index (χ1) is 13.6. The van der Waals surface area contributed by atoms with Gasteiger partial charge in [-0.05, 0) is 49.9 Å². The van der Waals surface area contributed by atoms with Gasteiger partial charge in [-0.15, -0.1) is 0 Å². The summed E-state index contributed by atoms with van der Waals surface area (Å²) in [5.74, 6) is 1.16. The second-order valence-corrected chi connectivity index (χ2v) is 9.31. The van der Waals surface area contributed by atoms with Crippen LogP contribution in [-0.2, 0) is 4.79 Å². The summed E-state index contributed by atoms with van der Waals surface area (Å²) in [4.78, 5) is 16.8. The van der Waals surface area contributed by atoms with Crippen molar-refractivity contribution in [3.8, 4) is 17.0 Å². The molecule has 3 rings (SSSR count). The molecule has 3 aromatic rings. The number of hydrogen-bond donors (Lipinski definition) is 1. The van der Waals surface area contributed by atoms with Crippen LogP contribution in [0.5, 0.6) is 5.75 Å². The van der Waals surface area contributed by atoms with Gasteiger partial charge < -0.3 is 10.1 Å². The van der Waals surface area contributed by atoms with Crippen molar-refractivity contribution >= 4 is 17.4 Å². The molecular weight excluding hydrogens is 362 g/mol. The normalized spacial score (nSPS) is 12.2. The molecule has 0 saturated heterocycles. The van der Waals surface area contributed by atoms with E-state index >= 15 is 0 Å². The number of esters is 1. The van der Waals surface area contributed by atoms with Crippen LogP contribution in [0.25, 0.3) is 16.9 Å². The van der Waals surface area contributed by atoms with E-state index in [0.29, 0.717) is 12.2 Å². The minimum atomic E-state index is -0.260. The number of ether oxygens (including phenoxy) is 1. The monoisotopic (exact) mass is 393 g/mol. The molecule has 5 heteroatoms. The highest BCUT2D eigenvalue weighted by Crippen LogP contribution is 2.38. The molecule has 0 radical (unpaired) electrons. The van der Waals surface area contributed by atoms with Gasteiger partial charge in [-0.3, -0.25) is 9.20 Å². The number of aromatic nitrogens is 2. The molecule has 2 aromatic heterocycles. The molecule has 0 spiro atoms. The highest BCUT2D eigenvalue weighted by Gasteiger charge is 2.28. The third kappa shape index (κ3) is 4.97. The predicted octanol–water partition coefficient (Wildman–Crippen LogP) is 5.94. The molecule has 0 saturated carbocycles. The lowest BCUT2D eigenvalue weighted by atomic mass is 9.82. The number of nitrogens with one attached hydrogen (secondary N) is 1. The largest absolute Gasteiger partial charge is 0.426 e. The van der Waals surface area contributed by atoms with Crippen LogP contribution in [0.3, 0.4) is 0 Å². The number of rotatable bonds is 6. The number of imidazole rings is 1. The van der Waals surface area contributed by atoms with E-state index in [2.05, 4.69) is 44.3 Å². The van der Waals surface area contributed by atoms with E-state index in [0.717, 1.165) is 29.1 Å². The SMILES string of the molecule is CCC(=O)Oc1ccccc1-c1nc2ccccn2c1NC(C)(C)CC(C)(C)C. The Balaban J connectivity index is 2.13. The van der Waals surface area contributed by atoms with E-state index < -0.39 is 0 Å². The number of hydrogen-bond acceptors (Lipinski definition) is 4. The van der Waals surface area contributed by atoms with Gasteiger partial charge in [-0.25, -0.2) is 4.98 Å². The van der Waals surface area contributed by atoms with Crippen LogP contribution in [0.15, 0.2) is 48.7 Å². The minimum Gasteiger partial charge on any atom is -0.426 e. The summed E-state index contributed by atoms with van der Waals surface area (Å²) in [6.45, 7) is 12.9. The summed E-state index contributed by atoms with van der Waals surface area (Å²) in [6, 6.07) is 13.5. The van der Waals surface area contributed by atoms with Crippen molar-refractivity contribution in [1.82, 2.24) is 9.38 Å². The topological polar surface area (TPSA) is 55.6 Å². The molecule has 1 aromatic carbocycles. The van der Waals surface area contributed by atoms with E-state index in [1.54, 1.807) is 6.92 Å². The molecule has 0 unspecified atom stereocenters. The van der Waals surface area contributed by atoms with Gasteiger partial charge in [0.15, 0.2) is 0 Å². The lowest BCUT2D eigenvalue weighted by Gasteiger charge is -2.34. The van der Waals surface area contributed by atoms with Crippen LogP contribution in [0.4, 0.5) is 5.82 Å². The van der Waals surface area contributed by atoms with Crippen LogP contribution in [0.2, 0.25) is 0 Å². The number of nitrogens with zero attached hydrogens (tertiary/aromatic N) is 2. The van der Waals surface area contributed by atoms with E-state index in [9.17, 15) is 4.79 Å². The van der Waals surface area contributed by atoms with E-state index in [1.165, 1.54) is 0 Å². The molecule has 1 N–H and O–H groups in total. The fourth-order valence-electron chi connectivity index (χ4n) is 3.94. The third-order valence-electron chi connectivity index (χ3n) is 4.61. The van der Waals surface area contributed by atoms with Crippen molar-refractivity contribution in [1.29, 1.82) is 0 Å². The van der Waals surface area contributed by atoms with E-state index in [-0.39, 0.29) is 16.9 Å². The van der Waals surface area contributed by atoms with Crippen LogP contribution in [0.1, 0.15) is 54.4 Å². The molecule has 0 fully saturated rings. The number of carbonyl (C=O) groups excluding carboxylic acids is 1. The highest BCUT2D eigenvalue weighted by atomic mass is 16.5. The lowest BCUT2D eigenvalue weighted by molar-refractivity contribution is -0.133. The van der Waals surface area contributed by atoms with Gasteiger partial charge in [-0.2, -0.15) is 0 Å². The smallest absolute Gasteiger partial charge is 0.310 e. The number of fused-ring (bicyclic) bond motifs is 1. The molecule has 0 aliphatic rings. The van der Waals surface area contributed by atoms with Crippen molar-refractivity contribution in [3.05, 3.63) is 48.7 Å². The maximum Gasteiger partial charge on any atom is 0.310 e. The molecule has 0 atom stereocenters. The summed E-state index contributed by atoms with van der Waals surface area (Å²) in [5, 5.41) is 3.72. The van der Waals surface area contributed by atoms with Crippen molar-refractivity contribution in [3.63, 3.8) is 0 Å². The van der Waals surface area contributed by atoms with Gasteiger partial charge >= 0.3 is 5.97 Å². The zero-order valence-corrected chi connectivity index (χ0v) is 18.2. The van der Waals surface area contributed by atoms with Gasteiger partial charge in [-0.1, -0.05) is 45.9 Å². The van der Waals surface area contributed by atoms with Crippen LogP contribution < -0.4 is 10.1 Å². The molecule has 0 aliphatic carbocycles. The first-order valence-electron chi connectivity index (χ1n) is 10.1. The van der Waals surface area contributed by atoms with Gasteiger partial charge in [0.25, 0.3) is 0 Å². The van der Waals surface area contributed by atoms with Gasteiger partial charge in [0.1, 0.15) is 22.9 Å². The molecule has 2 heterocycles. The average Bonchev–Trinajstić information content (AvgIpc) is 2.98. The Morgan fingerprint density at radius 3 is 2.45 bits per heavy atom. The Hall–Kier alpha value is -2.82. The fraction of sp³-hybridized carbons (Fsp3) is 0.417. The number of carbonyl (C=O) groups is 1. The van der Waals surface area contributed by atoms with Crippen molar-refractivity contribution in [2.24, 2.45) is 5.41 Å². The number of anilines is 1. The lowest BCUT2D eigenvalue weighted by Crippen LogP contribution is -2.36. The molecule has 154 valence electrons. The number of pyridine rings is 1. The Kier molecular flexibility index (Phi) is 5.69. The van der Waals surface area contributed by atoms with Gasteiger partial charge in [0, 0.05) is 23.7 Å². The first-order valence-corrected chi connectivity index (χ1v) is 10.1. The second kappa shape index (κ2) is 7.90. The third-order valence-corrected chi connectivity index (χ3v) is 4.61. The van der Waals surface area contributed by atoms with Gasteiger partial charge in [0.05, 0.1) is 0 Å². The van der Waals surface area contributed by atoms with Crippen molar-refractivity contribution in [2.75, 3.05) is 5.32 Å². The van der Waals surface area contributed by atoms with Crippen LogP contribution >= 0.6 is 0 Å². The quantitative estimate of drug-likeness (QED) is 0.416. The summed E-state index contributed by atoms with van der Waals surface area (Å²) in [6.07, 6.45) is 3.30. The molecule has 0 bridgehead atoms. The first kappa shape index (κ1) is 20.9. The second-order valence-electron chi connectivity index (χ2n) is 9.31. The minimum absolute atomic E-state index is 0.159. The summed E-state index contributed by atoms with van der Waals surface area (Å²) >= 11 is 0. The molecular formula is C24H31N3O2. The average molecular weight is 394 g/mol. The molecule has 0 aliphatic heterocycles. The molecule has 0 amide bonds. The number of para-hydroxylation sites is 1. The fourth-order valence-corrected chi connectivity index (χ4v) is 3.94. The van der Waals surface area contributed by atoms with E-state index in [4.69, 9.17) is 9.72 Å². The Labute approximate surface area is 173 Å². The highest BCUT2D eigenvalue weighted by molar-refractivity contribution is 5.83. The zero-order valence-electron chi connectivity index (χ0n) is 18.2. The standard InChI is InChI=1S/C24H31N3O2/c1-7-20(28)29-18-13-9-8-12-17(18)21-22(26-24(5,6)16-23(2,3)4)27-15-11-10-14-19(27)25-21/h8-15,26H,7,16H2,1-6H3. The molecule has 5 nitrogen and oxygen atoms in total. The van der Waals surface area contributed by atoms with Crippen molar-refractivity contribution < 1.29 is 9.53 Å². The van der Waals surface area contributed by atoms with Gasteiger partial charge in [0.2, 0.25) is 0 Å². The zero-order chi connectivity index (χ0) is 21.2. The Morgan fingerprint density at radius 1 is 1.07 bits per heavy atom. The Morgan fingerprint density at radius 2 is 1.76 bits per heavy atom.